The lowest BCUT2D eigenvalue weighted by Crippen LogP contribution is -2.61. The Balaban J connectivity index is 1.66. The fourth-order valence-electron chi connectivity index (χ4n) is 7.03. The molecule has 3 aliphatic rings. The van der Waals surface area contributed by atoms with Gasteiger partial charge in [-0.05, 0) is 66.3 Å². The molecule has 202 valence electrons. The zero-order valence-corrected chi connectivity index (χ0v) is 20.8. The average molecular weight is 513 g/mol. The molecule has 0 aromatic rings. The smallest absolute Gasteiger partial charge is 0.393 e. The van der Waals surface area contributed by atoms with Crippen LogP contribution in [0.5, 0.6) is 0 Å². The van der Waals surface area contributed by atoms with Crippen molar-refractivity contribution in [3.63, 3.8) is 0 Å². The quantitative estimate of drug-likeness (QED) is 0.276. The molecule has 35 heavy (non-hydrogen) atoms. The molecule has 3 aliphatic carbocycles. The first-order valence-corrected chi connectivity index (χ1v) is 12.4. The molecule has 0 spiro atoms. The van der Waals surface area contributed by atoms with Crippen LogP contribution in [0.1, 0.15) is 72.6 Å². The van der Waals surface area contributed by atoms with Gasteiger partial charge in [-0.2, -0.15) is 26.3 Å². The maximum atomic E-state index is 13.0. The Bertz CT molecular complexity index is 833. The van der Waals surface area contributed by atoms with E-state index in [4.69, 9.17) is 0 Å². The van der Waals surface area contributed by atoms with Crippen LogP contribution in [0, 0.1) is 34.5 Å². The monoisotopic (exact) mass is 512 g/mol. The summed E-state index contributed by atoms with van der Waals surface area (Å²) in [5.41, 5.74) is -5.64. The molecule has 3 nitrogen and oxygen atoms in total. The summed E-state index contributed by atoms with van der Waals surface area (Å²) in [5.74, 6) is -0.110. The molecular weight excluding hydrogens is 474 g/mol. The van der Waals surface area contributed by atoms with E-state index in [1.54, 1.807) is 0 Å². The third-order valence-electron chi connectivity index (χ3n) is 10.2. The molecule has 0 radical (unpaired) electrons. The Labute approximate surface area is 203 Å². The number of aliphatic hydroxyl groups excluding tert-OH is 1. The van der Waals surface area contributed by atoms with Gasteiger partial charge in [0.05, 0.1) is 11.7 Å². The Morgan fingerprint density at radius 3 is 2.17 bits per heavy atom. The zero-order valence-electron chi connectivity index (χ0n) is 20.8. The summed E-state index contributed by atoms with van der Waals surface area (Å²) < 4.78 is 78.0. The van der Waals surface area contributed by atoms with Gasteiger partial charge in [-0.3, -0.25) is 0 Å². The van der Waals surface area contributed by atoms with Crippen LogP contribution in [0.25, 0.3) is 0 Å². The van der Waals surface area contributed by atoms with Crippen LogP contribution in [-0.4, -0.2) is 45.0 Å². The molecule has 2 bridgehead atoms. The van der Waals surface area contributed by atoms with Gasteiger partial charge < -0.3 is 15.3 Å². The number of halogens is 6. The first kappa shape index (κ1) is 28.5. The lowest BCUT2D eigenvalue weighted by Gasteiger charge is -2.58. The summed E-state index contributed by atoms with van der Waals surface area (Å²) in [4.78, 5) is 0. The standard InChI is InChI=1S/C26H38F6O3/c1-15(7-6-11-24(35,25(27,28)29)26(30,31)32)22(5)12-10-17(21(22,3)4)8-9-20-19-13-18(33)14-23(20,34)16(19)2/h8-9,15,17-20,33-35H,2,6-7,10-14H2,1,3-5H3/b9-8+/t15-,17+,18+,19?,20?,22+,23+/m0/s1. The first-order valence-electron chi connectivity index (χ1n) is 12.4. The minimum Gasteiger partial charge on any atom is -0.393 e. The van der Waals surface area contributed by atoms with Crippen molar-refractivity contribution in [2.45, 2.75) is 102 Å². The summed E-state index contributed by atoms with van der Waals surface area (Å²) in [6.07, 6.45) is -7.26. The largest absolute Gasteiger partial charge is 0.426 e. The summed E-state index contributed by atoms with van der Waals surface area (Å²) >= 11 is 0. The number of alkyl halides is 6. The summed E-state index contributed by atoms with van der Waals surface area (Å²) in [7, 11) is 0. The normalized spacial score (nSPS) is 38.6. The van der Waals surface area contributed by atoms with Crippen LogP contribution in [0.2, 0.25) is 0 Å². The van der Waals surface area contributed by atoms with Crippen molar-refractivity contribution in [2.24, 2.45) is 34.5 Å². The number of hydrogen-bond acceptors (Lipinski definition) is 3. The van der Waals surface area contributed by atoms with Crippen LogP contribution in [0.15, 0.2) is 24.3 Å². The van der Waals surface area contributed by atoms with E-state index in [-0.39, 0.29) is 47.3 Å². The molecule has 0 aromatic heterocycles. The van der Waals surface area contributed by atoms with Crippen LogP contribution in [0.4, 0.5) is 26.3 Å². The second kappa shape index (κ2) is 8.76. The fraction of sp³-hybridized carbons (Fsp3) is 0.846. The van der Waals surface area contributed by atoms with Crippen molar-refractivity contribution in [2.75, 3.05) is 0 Å². The molecule has 3 rings (SSSR count). The van der Waals surface area contributed by atoms with Crippen LogP contribution < -0.4 is 0 Å². The third kappa shape index (κ3) is 4.37. The molecule has 0 aliphatic heterocycles. The van der Waals surface area contributed by atoms with E-state index in [0.29, 0.717) is 6.42 Å². The van der Waals surface area contributed by atoms with Gasteiger partial charge in [-0.25, -0.2) is 0 Å². The maximum Gasteiger partial charge on any atom is 0.426 e. The Kier molecular flexibility index (Phi) is 7.13. The number of allylic oxidation sites excluding steroid dienone is 1. The average Bonchev–Trinajstić information content (AvgIpc) is 2.94. The molecule has 7 atom stereocenters. The highest BCUT2D eigenvalue weighted by molar-refractivity contribution is 5.37. The number of fused-ring (bicyclic) bond motifs is 2. The Morgan fingerprint density at radius 1 is 1.09 bits per heavy atom. The van der Waals surface area contributed by atoms with Gasteiger partial charge in [-0.15, -0.1) is 0 Å². The zero-order chi connectivity index (χ0) is 26.8. The predicted octanol–water partition coefficient (Wildman–Crippen LogP) is 6.34. The molecule has 0 heterocycles. The van der Waals surface area contributed by atoms with Gasteiger partial charge >= 0.3 is 12.4 Å². The molecule has 3 saturated carbocycles. The molecule has 0 saturated heterocycles. The van der Waals surface area contributed by atoms with E-state index in [2.05, 4.69) is 26.5 Å². The van der Waals surface area contributed by atoms with E-state index < -0.39 is 42.5 Å². The predicted molar refractivity (Wildman–Crippen MR) is 120 cm³/mol. The van der Waals surface area contributed by atoms with E-state index in [9.17, 15) is 41.7 Å². The van der Waals surface area contributed by atoms with Gasteiger partial charge in [0.25, 0.3) is 5.60 Å². The number of rotatable bonds is 7. The third-order valence-corrected chi connectivity index (χ3v) is 10.2. The molecule has 9 heteroatoms. The Morgan fingerprint density at radius 2 is 1.66 bits per heavy atom. The van der Waals surface area contributed by atoms with Crippen LogP contribution in [0.3, 0.4) is 0 Å². The van der Waals surface area contributed by atoms with Crippen molar-refractivity contribution in [3.05, 3.63) is 24.3 Å². The fourth-order valence-corrected chi connectivity index (χ4v) is 7.03. The molecule has 3 fully saturated rings. The van der Waals surface area contributed by atoms with E-state index in [0.717, 1.165) is 18.4 Å². The highest BCUT2D eigenvalue weighted by atomic mass is 19.4. The Hall–Kier alpha value is -1.06. The number of hydrogen-bond donors (Lipinski definition) is 3. The first-order chi connectivity index (χ1) is 15.7. The van der Waals surface area contributed by atoms with Crippen molar-refractivity contribution < 1.29 is 41.7 Å². The van der Waals surface area contributed by atoms with Gasteiger partial charge in [0.15, 0.2) is 0 Å². The second-order valence-corrected chi connectivity index (χ2v) is 12.0. The minimum absolute atomic E-state index is 0.0378. The van der Waals surface area contributed by atoms with Gasteiger partial charge in [0.1, 0.15) is 0 Å². The van der Waals surface area contributed by atoms with E-state index in [1.165, 1.54) is 0 Å². The van der Waals surface area contributed by atoms with Crippen molar-refractivity contribution in [3.8, 4) is 0 Å². The van der Waals surface area contributed by atoms with E-state index in [1.807, 2.05) is 19.9 Å². The topological polar surface area (TPSA) is 60.7 Å². The lowest BCUT2D eigenvalue weighted by molar-refractivity contribution is -0.370. The highest BCUT2D eigenvalue weighted by Crippen LogP contribution is 2.62. The molecule has 0 aromatic carbocycles. The lowest BCUT2D eigenvalue weighted by atomic mass is 9.50. The van der Waals surface area contributed by atoms with Crippen LogP contribution in [-0.2, 0) is 0 Å². The summed E-state index contributed by atoms with van der Waals surface area (Å²) in [5, 5.41) is 30.3. The van der Waals surface area contributed by atoms with E-state index >= 15 is 0 Å². The summed E-state index contributed by atoms with van der Waals surface area (Å²) in [6, 6.07) is 0. The summed E-state index contributed by atoms with van der Waals surface area (Å²) in [6.45, 7) is 12.0. The van der Waals surface area contributed by atoms with Crippen molar-refractivity contribution in [1.29, 1.82) is 0 Å². The molecule has 0 amide bonds. The highest BCUT2D eigenvalue weighted by Gasteiger charge is 2.69. The van der Waals surface area contributed by atoms with Gasteiger partial charge in [-0.1, -0.05) is 52.8 Å². The SMILES string of the molecule is C=C1C2C[C@@H](O)C[C@]1(O)C2/C=C/[C@@H]1CC[C@](C)([C@@H](C)CCCC(O)(C(F)(F)F)C(F)(F)F)C1(C)C. The molecule has 2 unspecified atom stereocenters. The molecule has 3 N–H and O–H groups in total. The van der Waals surface area contributed by atoms with Crippen LogP contribution >= 0.6 is 0 Å². The van der Waals surface area contributed by atoms with Crippen molar-refractivity contribution in [1.82, 2.24) is 0 Å². The van der Waals surface area contributed by atoms with Gasteiger partial charge in [0, 0.05) is 12.3 Å². The van der Waals surface area contributed by atoms with Crippen molar-refractivity contribution >= 4 is 0 Å². The minimum atomic E-state index is -5.79. The number of aliphatic hydroxyl groups is 3. The maximum absolute atomic E-state index is 13.0. The second-order valence-electron chi connectivity index (χ2n) is 12.0. The van der Waals surface area contributed by atoms with Gasteiger partial charge in [0.2, 0.25) is 0 Å². The molecular formula is C26H38F6O3.